The van der Waals surface area contributed by atoms with Crippen molar-refractivity contribution in [2.75, 3.05) is 0 Å². The average molecular weight is 238 g/mol. The minimum absolute atomic E-state index is 0.935. The number of rotatable bonds is 1. The zero-order valence-corrected chi connectivity index (χ0v) is 7.64. The van der Waals surface area contributed by atoms with E-state index in [9.17, 15) is 0 Å². The summed E-state index contributed by atoms with van der Waals surface area (Å²) in [5.41, 5.74) is 0.935. The van der Waals surface area contributed by atoms with Crippen molar-refractivity contribution >= 4 is 23.6 Å². The van der Waals surface area contributed by atoms with Crippen molar-refractivity contribution in [3.8, 4) is 0 Å². The molecule has 0 bridgehead atoms. The van der Waals surface area contributed by atoms with Crippen LogP contribution in [0.1, 0.15) is 6.92 Å². The van der Waals surface area contributed by atoms with Crippen molar-refractivity contribution in [1.29, 1.82) is 0 Å². The summed E-state index contributed by atoms with van der Waals surface area (Å²) in [4.78, 5) is 0. The van der Waals surface area contributed by atoms with Gasteiger partial charge < -0.3 is 0 Å². The van der Waals surface area contributed by atoms with Gasteiger partial charge in [0.1, 0.15) is 0 Å². The van der Waals surface area contributed by atoms with Gasteiger partial charge in [-0.15, -0.1) is 0 Å². The number of allylic oxidation sites excluding steroid dienone is 2. The Bertz CT molecular complexity index is 150. The molecule has 0 aromatic heterocycles. The van der Waals surface area contributed by atoms with Gasteiger partial charge in [-0.05, 0) is 0 Å². The van der Waals surface area contributed by atoms with E-state index in [2.05, 4.69) is 10.8 Å². The van der Waals surface area contributed by atoms with Crippen LogP contribution in [0.5, 0.6) is 0 Å². The summed E-state index contributed by atoms with van der Waals surface area (Å²) < 4.78 is 2.79. The van der Waals surface area contributed by atoms with Crippen LogP contribution in [0, 0.1) is 0 Å². The zero-order valence-electron chi connectivity index (χ0n) is 4.39. The second kappa shape index (κ2) is 4.47. The zero-order chi connectivity index (χ0) is 6.57. The molecule has 0 aromatic carbocycles. The third-order valence-corrected chi connectivity index (χ3v) is 1.92. The van der Waals surface area contributed by atoms with Gasteiger partial charge in [0.15, 0.2) is 0 Å². The molecule has 0 unspecified atom stereocenters. The van der Waals surface area contributed by atoms with Gasteiger partial charge in [-0.3, -0.25) is 0 Å². The first-order chi connectivity index (χ1) is 3.63. The fraction of sp³-hybridized carbons (Fsp3) is 0.200. The fourth-order valence-corrected chi connectivity index (χ4v) is 1.20. The molecule has 0 aromatic rings. The first kappa shape index (κ1) is 8.59. The van der Waals surface area contributed by atoms with E-state index in [0.29, 0.717) is 0 Å². The molecule has 0 radical (unpaired) electrons. The van der Waals surface area contributed by atoms with Crippen LogP contribution in [-0.4, -0.2) is 4.26 Å². The van der Waals surface area contributed by atoms with E-state index in [1.54, 1.807) is 6.08 Å². The molecule has 0 rings (SSSR count). The number of hydrogen-bond acceptors (Lipinski definition) is 0. The van der Waals surface area contributed by atoms with Crippen molar-refractivity contribution in [3.05, 3.63) is 18.2 Å². The monoisotopic (exact) mass is 238 g/mol. The van der Waals surface area contributed by atoms with Crippen LogP contribution in [0.4, 0.5) is 0 Å². The van der Waals surface area contributed by atoms with Gasteiger partial charge in [0.2, 0.25) is 0 Å². The van der Waals surface area contributed by atoms with Gasteiger partial charge in [0.05, 0.1) is 0 Å². The molecule has 0 fully saturated rings. The molecule has 48 valence electrons. The topological polar surface area (TPSA) is 0 Å². The van der Waals surface area contributed by atoms with Crippen LogP contribution in [-0.2, 0) is 13.5 Å². The molecular formula is C5H6Cl2Ru. The predicted molar refractivity (Wildman–Crippen MR) is 36.1 cm³/mol. The van der Waals surface area contributed by atoms with Gasteiger partial charge in [0, 0.05) is 0 Å². The molecule has 0 saturated heterocycles. The van der Waals surface area contributed by atoms with Crippen LogP contribution < -0.4 is 0 Å². The quantitative estimate of drug-likeness (QED) is 0.486. The van der Waals surface area contributed by atoms with E-state index in [0.717, 1.165) is 5.57 Å². The van der Waals surface area contributed by atoms with Gasteiger partial charge in [-0.25, -0.2) is 0 Å². The molecule has 0 nitrogen and oxygen atoms in total. The molecule has 0 spiro atoms. The van der Waals surface area contributed by atoms with E-state index in [1.165, 1.54) is 0 Å². The Hall–Kier alpha value is 0.593. The molecule has 0 aliphatic rings. The van der Waals surface area contributed by atoms with Gasteiger partial charge in [-0.1, -0.05) is 0 Å². The van der Waals surface area contributed by atoms with E-state index in [-0.39, 0.29) is 0 Å². The van der Waals surface area contributed by atoms with Crippen molar-refractivity contribution in [3.63, 3.8) is 0 Å². The maximum absolute atomic E-state index is 5.45. The Morgan fingerprint density at radius 1 is 1.75 bits per heavy atom. The molecule has 0 heterocycles. The summed E-state index contributed by atoms with van der Waals surface area (Å²) in [6, 6.07) is 0. The average Bonchev–Trinajstić information content (AvgIpc) is 1.61. The molecule has 0 atom stereocenters. The van der Waals surface area contributed by atoms with Crippen molar-refractivity contribution in [1.82, 2.24) is 0 Å². The van der Waals surface area contributed by atoms with Gasteiger partial charge in [-0.2, -0.15) is 0 Å². The summed E-state index contributed by atoms with van der Waals surface area (Å²) in [6.07, 6.45) is 1.72. The van der Waals surface area contributed by atoms with E-state index >= 15 is 0 Å². The van der Waals surface area contributed by atoms with Gasteiger partial charge in [0.25, 0.3) is 0 Å². The first-order valence-corrected chi connectivity index (χ1v) is 7.22. The van der Waals surface area contributed by atoms with Crippen LogP contribution in [0.25, 0.3) is 0 Å². The van der Waals surface area contributed by atoms with Crippen LogP contribution in [0.2, 0.25) is 0 Å². The third kappa shape index (κ3) is 6.59. The molecular weight excluding hydrogens is 232 g/mol. The molecule has 0 aliphatic heterocycles. The van der Waals surface area contributed by atoms with Crippen molar-refractivity contribution in [2.24, 2.45) is 0 Å². The first-order valence-electron chi connectivity index (χ1n) is 1.87. The molecule has 0 N–H and O–H groups in total. The predicted octanol–water partition coefficient (Wildman–Crippen LogP) is 2.45. The van der Waals surface area contributed by atoms with Crippen LogP contribution in [0.3, 0.4) is 0 Å². The summed E-state index contributed by atoms with van der Waals surface area (Å²) in [6.45, 7) is 5.49. The summed E-state index contributed by atoms with van der Waals surface area (Å²) in [7, 11) is 10.9. The Labute approximate surface area is 62.3 Å². The third-order valence-electron chi connectivity index (χ3n) is 0.375. The standard InChI is InChI=1S/C5H6.2ClH.Ru/c1-4-5(2)3;;;/h4H,2H2,3H3;2*1H;/q;;;+2/p-2. The van der Waals surface area contributed by atoms with E-state index in [1.807, 2.05) is 6.92 Å². The second-order valence-electron chi connectivity index (χ2n) is 1.28. The summed E-state index contributed by atoms with van der Waals surface area (Å²) in [5.74, 6) is 0. The van der Waals surface area contributed by atoms with Crippen molar-refractivity contribution < 1.29 is 13.5 Å². The summed E-state index contributed by atoms with van der Waals surface area (Å²) >= 11 is -1.68. The molecule has 0 amide bonds. The molecule has 0 aliphatic carbocycles. The molecule has 8 heavy (non-hydrogen) atoms. The second-order valence-corrected chi connectivity index (χ2v) is 6.66. The maximum atomic E-state index is 5.45. The minimum atomic E-state index is -1.68. The molecule has 3 heteroatoms. The fourth-order valence-electron chi connectivity index (χ4n) is 0.126. The van der Waals surface area contributed by atoms with Crippen LogP contribution in [0.15, 0.2) is 18.2 Å². The van der Waals surface area contributed by atoms with E-state index < -0.39 is 13.5 Å². The SMILES string of the molecule is C=C(C)C=[C]=[Ru]([Cl])[Cl]. The summed E-state index contributed by atoms with van der Waals surface area (Å²) in [5, 5.41) is 0. The Morgan fingerprint density at radius 3 is 2.38 bits per heavy atom. The Kier molecular flexibility index (Phi) is 4.80. The number of halogens is 2. The van der Waals surface area contributed by atoms with E-state index in [4.69, 9.17) is 19.4 Å². The Balaban J connectivity index is 4.03. The van der Waals surface area contributed by atoms with Gasteiger partial charge >= 0.3 is 62.3 Å². The van der Waals surface area contributed by atoms with Crippen LogP contribution >= 0.6 is 19.4 Å². The normalized spacial score (nSPS) is 9.62. The molecule has 0 saturated carbocycles. The Morgan fingerprint density at radius 2 is 2.25 bits per heavy atom. The number of hydrogen-bond donors (Lipinski definition) is 0. The van der Waals surface area contributed by atoms with Crippen molar-refractivity contribution in [2.45, 2.75) is 6.92 Å².